The van der Waals surface area contributed by atoms with Gasteiger partial charge in [-0.25, -0.2) is 0 Å². The topological polar surface area (TPSA) is 55.8 Å². The predicted molar refractivity (Wildman–Crippen MR) is 62.5 cm³/mol. The van der Waals surface area contributed by atoms with Gasteiger partial charge < -0.3 is 14.6 Å². The van der Waals surface area contributed by atoms with Crippen LogP contribution in [0.3, 0.4) is 0 Å². The molecule has 1 atom stereocenters. The largest absolute Gasteiger partial charge is 0.393 e. The van der Waals surface area contributed by atoms with Gasteiger partial charge in [-0.3, -0.25) is 4.79 Å². The molecule has 16 heavy (non-hydrogen) atoms. The minimum Gasteiger partial charge on any atom is -0.393 e. The van der Waals surface area contributed by atoms with E-state index in [2.05, 4.69) is 6.92 Å². The van der Waals surface area contributed by atoms with E-state index in [0.29, 0.717) is 13.2 Å². The van der Waals surface area contributed by atoms with E-state index in [1.54, 1.807) is 0 Å². The number of hydrogen-bond donors (Lipinski definition) is 1. The average Bonchev–Trinajstić information content (AvgIpc) is 2.30. The molecule has 0 aromatic rings. The van der Waals surface area contributed by atoms with Crippen LogP contribution in [0.2, 0.25) is 0 Å². The van der Waals surface area contributed by atoms with E-state index in [0.717, 1.165) is 25.7 Å². The molecule has 0 aliphatic carbocycles. The monoisotopic (exact) mass is 232 g/mol. The number of aliphatic hydroxyl groups is 1. The number of aliphatic hydroxyl groups excluding tert-OH is 1. The van der Waals surface area contributed by atoms with Crippen LogP contribution in [0.5, 0.6) is 0 Å². The van der Waals surface area contributed by atoms with Crippen molar-refractivity contribution in [3.8, 4) is 0 Å². The predicted octanol–water partition coefficient (Wildman–Crippen LogP) is 1.55. The average molecular weight is 232 g/mol. The molecule has 0 bridgehead atoms. The quantitative estimate of drug-likeness (QED) is 0.549. The van der Waals surface area contributed by atoms with Gasteiger partial charge in [0.2, 0.25) is 0 Å². The number of rotatable bonds is 11. The first-order valence-electron chi connectivity index (χ1n) is 6.09. The molecule has 4 heteroatoms. The Kier molecular flexibility index (Phi) is 10.7. The highest BCUT2D eigenvalue weighted by atomic mass is 16.5. The van der Waals surface area contributed by atoms with Crippen molar-refractivity contribution in [1.29, 1.82) is 0 Å². The fourth-order valence-corrected chi connectivity index (χ4v) is 1.13. The van der Waals surface area contributed by atoms with Crippen molar-refractivity contribution in [3.05, 3.63) is 0 Å². The van der Waals surface area contributed by atoms with Gasteiger partial charge in [-0.05, 0) is 12.8 Å². The van der Waals surface area contributed by atoms with Crippen LogP contribution < -0.4 is 0 Å². The molecule has 0 rings (SSSR count). The number of carbonyl (C=O) groups excluding carboxylic acids is 1. The zero-order valence-electron chi connectivity index (χ0n) is 10.4. The van der Waals surface area contributed by atoms with Crippen LogP contribution in [0.4, 0.5) is 0 Å². The Morgan fingerprint density at radius 1 is 1.19 bits per heavy atom. The third-order valence-corrected chi connectivity index (χ3v) is 2.23. The lowest BCUT2D eigenvalue weighted by atomic mass is 10.2. The smallest absolute Gasteiger partial charge is 0.189 e. The number of Topliss-reactive ketones (excluding diaryl/α,β-unsaturated/α-hetero) is 1. The summed E-state index contributed by atoms with van der Waals surface area (Å²) in [6.45, 7) is 5.00. The molecule has 0 aromatic carbocycles. The van der Waals surface area contributed by atoms with E-state index in [1.165, 1.54) is 0 Å². The summed E-state index contributed by atoms with van der Waals surface area (Å²) in [6.07, 6.45) is 3.20. The third kappa shape index (κ3) is 7.79. The highest BCUT2D eigenvalue weighted by Crippen LogP contribution is 1.98. The standard InChI is InChI=1S/C12H24O4/c1-3-5-7-15-10-11(14)12(9-13)16-8-6-4-2/h12-13H,3-10H2,1-2H3. The van der Waals surface area contributed by atoms with Crippen LogP contribution in [0.1, 0.15) is 39.5 Å². The molecule has 0 saturated carbocycles. The van der Waals surface area contributed by atoms with E-state index < -0.39 is 6.10 Å². The van der Waals surface area contributed by atoms with Crippen molar-refractivity contribution < 1.29 is 19.4 Å². The van der Waals surface area contributed by atoms with Crippen molar-refractivity contribution in [1.82, 2.24) is 0 Å². The molecular weight excluding hydrogens is 208 g/mol. The van der Waals surface area contributed by atoms with Crippen molar-refractivity contribution >= 4 is 5.78 Å². The molecule has 0 aliphatic rings. The maximum Gasteiger partial charge on any atom is 0.189 e. The van der Waals surface area contributed by atoms with Gasteiger partial charge in [0.15, 0.2) is 5.78 Å². The molecular formula is C12H24O4. The van der Waals surface area contributed by atoms with Crippen molar-refractivity contribution in [2.24, 2.45) is 0 Å². The molecule has 0 heterocycles. The summed E-state index contributed by atoms with van der Waals surface area (Å²) >= 11 is 0. The summed E-state index contributed by atoms with van der Waals surface area (Å²) in [5.41, 5.74) is 0. The van der Waals surface area contributed by atoms with Gasteiger partial charge in [-0.1, -0.05) is 26.7 Å². The number of carbonyl (C=O) groups is 1. The van der Waals surface area contributed by atoms with Crippen LogP contribution in [0.15, 0.2) is 0 Å². The fourth-order valence-electron chi connectivity index (χ4n) is 1.13. The lowest BCUT2D eigenvalue weighted by Gasteiger charge is -2.14. The van der Waals surface area contributed by atoms with E-state index in [9.17, 15) is 4.79 Å². The molecule has 0 amide bonds. The minimum atomic E-state index is -0.715. The number of hydrogen-bond acceptors (Lipinski definition) is 4. The van der Waals surface area contributed by atoms with Gasteiger partial charge in [0.25, 0.3) is 0 Å². The molecule has 96 valence electrons. The van der Waals surface area contributed by atoms with Crippen molar-refractivity contribution in [3.63, 3.8) is 0 Å². The Bertz CT molecular complexity index is 170. The van der Waals surface area contributed by atoms with Gasteiger partial charge in [0, 0.05) is 13.2 Å². The third-order valence-electron chi connectivity index (χ3n) is 2.23. The van der Waals surface area contributed by atoms with E-state index in [1.807, 2.05) is 6.92 Å². The number of unbranched alkanes of at least 4 members (excludes halogenated alkanes) is 2. The second-order valence-electron chi connectivity index (χ2n) is 3.77. The zero-order chi connectivity index (χ0) is 12.2. The van der Waals surface area contributed by atoms with Crippen LogP contribution in [-0.2, 0) is 14.3 Å². The first-order chi connectivity index (χ1) is 7.76. The Balaban J connectivity index is 3.65. The van der Waals surface area contributed by atoms with Crippen LogP contribution in [-0.4, -0.2) is 43.4 Å². The van der Waals surface area contributed by atoms with Crippen molar-refractivity contribution in [2.45, 2.75) is 45.6 Å². The Morgan fingerprint density at radius 3 is 2.38 bits per heavy atom. The summed E-state index contributed by atoms with van der Waals surface area (Å²) < 4.78 is 10.5. The first-order valence-corrected chi connectivity index (χ1v) is 6.09. The Labute approximate surface area is 97.9 Å². The molecule has 0 aliphatic heterocycles. The molecule has 0 spiro atoms. The van der Waals surface area contributed by atoms with E-state index in [4.69, 9.17) is 14.6 Å². The lowest BCUT2D eigenvalue weighted by Crippen LogP contribution is -2.31. The summed E-state index contributed by atoms with van der Waals surface area (Å²) in [7, 11) is 0. The van der Waals surface area contributed by atoms with Crippen LogP contribution >= 0.6 is 0 Å². The van der Waals surface area contributed by atoms with Crippen LogP contribution in [0, 0.1) is 0 Å². The highest BCUT2D eigenvalue weighted by Gasteiger charge is 2.17. The zero-order valence-corrected chi connectivity index (χ0v) is 10.4. The molecule has 0 fully saturated rings. The molecule has 0 aromatic heterocycles. The lowest BCUT2D eigenvalue weighted by molar-refractivity contribution is -0.138. The number of ketones is 1. The van der Waals surface area contributed by atoms with Gasteiger partial charge in [-0.15, -0.1) is 0 Å². The molecule has 1 unspecified atom stereocenters. The van der Waals surface area contributed by atoms with Crippen molar-refractivity contribution in [2.75, 3.05) is 26.4 Å². The first kappa shape index (κ1) is 15.6. The maximum atomic E-state index is 11.5. The molecule has 1 N–H and O–H groups in total. The summed E-state index contributed by atoms with van der Waals surface area (Å²) in [5, 5.41) is 9.00. The van der Waals surface area contributed by atoms with Gasteiger partial charge in [-0.2, -0.15) is 0 Å². The summed E-state index contributed by atoms with van der Waals surface area (Å²) in [6, 6.07) is 0. The SMILES string of the molecule is CCCCOCC(=O)C(CO)OCCCC. The Hall–Kier alpha value is -0.450. The second-order valence-corrected chi connectivity index (χ2v) is 3.77. The van der Waals surface area contributed by atoms with Crippen LogP contribution in [0.25, 0.3) is 0 Å². The molecule has 0 radical (unpaired) electrons. The molecule has 0 saturated heterocycles. The Morgan fingerprint density at radius 2 is 1.81 bits per heavy atom. The summed E-state index contributed by atoms with van der Waals surface area (Å²) in [4.78, 5) is 11.5. The highest BCUT2D eigenvalue weighted by molar-refractivity contribution is 5.84. The van der Waals surface area contributed by atoms with Gasteiger partial charge in [0.05, 0.1) is 6.61 Å². The van der Waals surface area contributed by atoms with Gasteiger partial charge in [0.1, 0.15) is 12.7 Å². The maximum absolute atomic E-state index is 11.5. The number of ether oxygens (including phenoxy) is 2. The minimum absolute atomic E-state index is 0.0390. The van der Waals surface area contributed by atoms with E-state index in [-0.39, 0.29) is 19.0 Å². The van der Waals surface area contributed by atoms with Gasteiger partial charge >= 0.3 is 0 Å². The van der Waals surface area contributed by atoms with E-state index >= 15 is 0 Å². The second kappa shape index (κ2) is 11.0. The fraction of sp³-hybridized carbons (Fsp3) is 0.917. The normalized spacial score (nSPS) is 12.7. The summed E-state index contributed by atoms with van der Waals surface area (Å²) in [5.74, 6) is -0.172. The molecule has 4 nitrogen and oxygen atoms in total.